The van der Waals surface area contributed by atoms with Crippen molar-refractivity contribution in [3.05, 3.63) is 22.4 Å². The SMILES string of the molecule is CCNC(CCCc1cccs1)C1CCC(C)CC1. The molecule has 0 spiro atoms. The van der Waals surface area contributed by atoms with Gasteiger partial charge in [-0.2, -0.15) is 0 Å². The summed E-state index contributed by atoms with van der Waals surface area (Å²) in [6.45, 7) is 5.78. The maximum Gasteiger partial charge on any atom is 0.00953 e. The summed E-state index contributed by atoms with van der Waals surface area (Å²) < 4.78 is 0. The fourth-order valence-electron chi connectivity index (χ4n) is 3.41. The van der Waals surface area contributed by atoms with Crippen molar-refractivity contribution in [2.45, 2.75) is 64.8 Å². The van der Waals surface area contributed by atoms with Crippen molar-refractivity contribution in [3.8, 4) is 0 Å². The monoisotopic (exact) mass is 279 g/mol. The lowest BCUT2D eigenvalue weighted by Crippen LogP contribution is -2.38. The summed E-state index contributed by atoms with van der Waals surface area (Å²) in [6, 6.07) is 5.21. The van der Waals surface area contributed by atoms with E-state index in [2.05, 4.69) is 36.7 Å². The minimum atomic E-state index is 0.762. The molecule has 108 valence electrons. The van der Waals surface area contributed by atoms with E-state index in [0.717, 1.165) is 24.4 Å². The number of rotatable bonds is 7. The van der Waals surface area contributed by atoms with E-state index in [0.29, 0.717) is 0 Å². The Morgan fingerprint density at radius 2 is 2.11 bits per heavy atom. The van der Waals surface area contributed by atoms with E-state index in [-0.39, 0.29) is 0 Å². The average Bonchev–Trinajstić information content (AvgIpc) is 2.92. The maximum absolute atomic E-state index is 3.75. The summed E-state index contributed by atoms with van der Waals surface area (Å²) in [4.78, 5) is 1.55. The van der Waals surface area contributed by atoms with E-state index < -0.39 is 0 Å². The van der Waals surface area contributed by atoms with Gasteiger partial charge in [0.15, 0.2) is 0 Å². The van der Waals surface area contributed by atoms with Crippen LogP contribution in [0.25, 0.3) is 0 Å². The molecule has 1 saturated carbocycles. The average molecular weight is 279 g/mol. The lowest BCUT2D eigenvalue weighted by molar-refractivity contribution is 0.222. The Kier molecular flexibility index (Phi) is 6.39. The molecule has 2 heteroatoms. The molecule has 1 heterocycles. The molecule has 0 radical (unpaired) electrons. The minimum Gasteiger partial charge on any atom is -0.314 e. The molecular formula is C17H29NS. The summed E-state index contributed by atoms with van der Waals surface area (Å²) in [7, 11) is 0. The van der Waals surface area contributed by atoms with Crippen LogP contribution in [0.4, 0.5) is 0 Å². The molecule has 19 heavy (non-hydrogen) atoms. The Morgan fingerprint density at radius 3 is 2.74 bits per heavy atom. The molecule has 0 aromatic carbocycles. The highest BCUT2D eigenvalue weighted by Crippen LogP contribution is 2.32. The van der Waals surface area contributed by atoms with Crippen LogP contribution in [0.2, 0.25) is 0 Å². The second-order valence-electron chi connectivity index (χ2n) is 6.16. The van der Waals surface area contributed by atoms with Gasteiger partial charge in [-0.15, -0.1) is 11.3 Å². The molecule has 1 aliphatic carbocycles. The smallest absolute Gasteiger partial charge is 0.00953 e. The summed E-state index contributed by atoms with van der Waals surface area (Å²) in [5, 5.41) is 5.94. The van der Waals surface area contributed by atoms with Crippen LogP contribution in [-0.2, 0) is 6.42 Å². The Labute approximate surface area is 122 Å². The Bertz CT molecular complexity index is 325. The molecule has 1 aliphatic rings. The summed E-state index contributed by atoms with van der Waals surface area (Å²) in [5.41, 5.74) is 0. The molecule has 1 unspecified atom stereocenters. The zero-order valence-electron chi connectivity index (χ0n) is 12.5. The predicted molar refractivity (Wildman–Crippen MR) is 85.8 cm³/mol. The van der Waals surface area contributed by atoms with E-state index in [4.69, 9.17) is 0 Å². The first-order valence-electron chi connectivity index (χ1n) is 8.05. The number of hydrogen-bond donors (Lipinski definition) is 1. The van der Waals surface area contributed by atoms with Gasteiger partial charge < -0.3 is 5.32 Å². The summed E-state index contributed by atoms with van der Waals surface area (Å²) in [6.07, 6.45) is 9.72. The van der Waals surface area contributed by atoms with Crippen molar-refractivity contribution in [1.82, 2.24) is 5.32 Å². The number of nitrogens with one attached hydrogen (secondary N) is 1. The number of thiophene rings is 1. The van der Waals surface area contributed by atoms with E-state index in [9.17, 15) is 0 Å². The van der Waals surface area contributed by atoms with Gasteiger partial charge in [-0.05, 0) is 61.9 Å². The van der Waals surface area contributed by atoms with Crippen LogP contribution in [0, 0.1) is 11.8 Å². The van der Waals surface area contributed by atoms with Crippen molar-refractivity contribution in [1.29, 1.82) is 0 Å². The Morgan fingerprint density at radius 1 is 1.32 bits per heavy atom. The van der Waals surface area contributed by atoms with Crippen LogP contribution in [0.3, 0.4) is 0 Å². The van der Waals surface area contributed by atoms with Gasteiger partial charge in [0.2, 0.25) is 0 Å². The van der Waals surface area contributed by atoms with Crippen LogP contribution in [-0.4, -0.2) is 12.6 Å². The molecule has 0 saturated heterocycles. The first-order chi connectivity index (χ1) is 9.29. The zero-order valence-corrected chi connectivity index (χ0v) is 13.3. The van der Waals surface area contributed by atoms with Crippen molar-refractivity contribution in [2.75, 3.05) is 6.54 Å². The molecule has 1 atom stereocenters. The van der Waals surface area contributed by atoms with Crippen molar-refractivity contribution in [3.63, 3.8) is 0 Å². The predicted octanol–water partition coefficient (Wildman–Crippen LogP) is 4.88. The van der Waals surface area contributed by atoms with Crippen LogP contribution >= 0.6 is 11.3 Å². The summed E-state index contributed by atoms with van der Waals surface area (Å²) >= 11 is 1.90. The van der Waals surface area contributed by atoms with Crippen LogP contribution in [0.1, 0.15) is 57.2 Å². The Balaban J connectivity index is 1.75. The molecule has 2 rings (SSSR count). The van der Waals surface area contributed by atoms with Gasteiger partial charge in [-0.1, -0.05) is 32.8 Å². The molecule has 1 nitrogen and oxygen atoms in total. The largest absolute Gasteiger partial charge is 0.314 e. The van der Waals surface area contributed by atoms with Crippen LogP contribution < -0.4 is 5.32 Å². The van der Waals surface area contributed by atoms with Gasteiger partial charge in [0, 0.05) is 10.9 Å². The van der Waals surface area contributed by atoms with Gasteiger partial charge in [-0.3, -0.25) is 0 Å². The van der Waals surface area contributed by atoms with Gasteiger partial charge in [0.05, 0.1) is 0 Å². The number of hydrogen-bond acceptors (Lipinski definition) is 2. The second-order valence-corrected chi connectivity index (χ2v) is 7.19. The lowest BCUT2D eigenvalue weighted by Gasteiger charge is -2.33. The second kappa shape index (κ2) is 8.06. The normalized spacial score (nSPS) is 25.4. The van der Waals surface area contributed by atoms with Crippen molar-refractivity contribution >= 4 is 11.3 Å². The highest BCUT2D eigenvalue weighted by Gasteiger charge is 2.25. The Hall–Kier alpha value is -0.340. The van der Waals surface area contributed by atoms with Gasteiger partial charge >= 0.3 is 0 Å². The van der Waals surface area contributed by atoms with E-state index >= 15 is 0 Å². The quantitative estimate of drug-likeness (QED) is 0.750. The van der Waals surface area contributed by atoms with Crippen molar-refractivity contribution < 1.29 is 0 Å². The molecular weight excluding hydrogens is 250 g/mol. The standard InChI is InChI=1S/C17H29NS/c1-3-18-17(15-11-9-14(2)10-12-15)8-4-6-16-7-5-13-19-16/h5,7,13-15,17-18H,3-4,6,8-12H2,1-2H3. The molecule has 0 bridgehead atoms. The summed E-state index contributed by atoms with van der Waals surface area (Å²) in [5.74, 6) is 1.89. The van der Waals surface area contributed by atoms with Gasteiger partial charge in [-0.25, -0.2) is 0 Å². The highest BCUT2D eigenvalue weighted by atomic mass is 32.1. The van der Waals surface area contributed by atoms with E-state index in [1.165, 1.54) is 44.9 Å². The third kappa shape index (κ3) is 4.92. The molecule has 1 aromatic heterocycles. The maximum atomic E-state index is 3.75. The molecule has 1 fully saturated rings. The topological polar surface area (TPSA) is 12.0 Å². The van der Waals surface area contributed by atoms with E-state index in [1.54, 1.807) is 4.88 Å². The minimum absolute atomic E-state index is 0.762. The highest BCUT2D eigenvalue weighted by molar-refractivity contribution is 7.09. The molecule has 1 aromatic rings. The van der Waals surface area contributed by atoms with Gasteiger partial charge in [0.25, 0.3) is 0 Å². The third-order valence-corrected chi connectivity index (χ3v) is 5.55. The zero-order chi connectivity index (χ0) is 13.5. The van der Waals surface area contributed by atoms with Gasteiger partial charge in [0.1, 0.15) is 0 Å². The lowest BCUT2D eigenvalue weighted by atomic mass is 9.78. The first-order valence-corrected chi connectivity index (χ1v) is 8.93. The molecule has 1 N–H and O–H groups in total. The molecule has 0 amide bonds. The van der Waals surface area contributed by atoms with Crippen molar-refractivity contribution in [2.24, 2.45) is 11.8 Å². The van der Waals surface area contributed by atoms with Crippen LogP contribution in [0.15, 0.2) is 17.5 Å². The fraction of sp³-hybridized carbons (Fsp3) is 0.765. The van der Waals surface area contributed by atoms with Crippen LogP contribution in [0.5, 0.6) is 0 Å². The number of aryl methyl sites for hydroxylation is 1. The molecule has 0 aliphatic heterocycles. The van der Waals surface area contributed by atoms with E-state index in [1.807, 2.05) is 11.3 Å². The fourth-order valence-corrected chi connectivity index (χ4v) is 4.16. The first kappa shape index (κ1) is 15.1. The third-order valence-electron chi connectivity index (χ3n) is 4.61.